The molecule has 0 spiro atoms. The largest absolute Gasteiger partial charge is 0.330 e. The second-order valence-corrected chi connectivity index (χ2v) is 3.80. The number of nitrogens with one attached hydrogen (secondary N) is 1. The van der Waals surface area contributed by atoms with E-state index >= 15 is 0 Å². The van der Waals surface area contributed by atoms with Crippen LogP contribution in [0.5, 0.6) is 0 Å². The van der Waals surface area contributed by atoms with Crippen molar-refractivity contribution in [3.8, 4) is 0 Å². The average Bonchev–Trinajstić information content (AvgIpc) is 2.72. The van der Waals surface area contributed by atoms with Crippen molar-refractivity contribution >= 4 is 33.8 Å². The van der Waals surface area contributed by atoms with Gasteiger partial charge in [-0.1, -0.05) is 23.5 Å². The van der Waals surface area contributed by atoms with Crippen molar-refractivity contribution < 1.29 is 0 Å². The van der Waals surface area contributed by atoms with E-state index < -0.39 is 0 Å². The Morgan fingerprint density at radius 3 is 2.64 bits per heavy atom. The minimum absolute atomic E-state index is 0.541. The number of halogens is 1. The Bertz CT molecular complexity index is 385. The van der Waals surface area contributed by atoms with Gasteiger partial charge >= 0.3 is 0 Å². The zero-order valence-corrected chi connectivity index (χ0v) is 8.85. The molecule has 0 saturated carbocycles. The smallest absolute Gasteiger partial charge is 0.209 e. The van der Waals surface area contributed by atoms with Gasteiger partial charge in [-0.2, -0.15) is 0 Å². The van der Waals surface area contributed by atoms with Gasteiger partial charge in [-0.25, -0.2) is 0 Å². The number of alkyl halides is 1. The number of anilines is 2. The van der Waals surface area contributed by atoms with Gasteiger partial charge in [-0.15, -0.1) is 21.8 Å². The highest BCUT2D eigenvalue weighted by molar-refractivity contribution is 7.13. The summed E-state index contributed by atoms with van der Waals surface area (Å²) in [7, 11) is 0. The van der Waals surface area contributed by atoms with E-state index in [1.54, 1.807) is 5.51 Å². The second-order valence-electron chi connectivity index (χ2n) is 2.70. The van der Waals surface area contributed by atoms with Crippen LogP contribution in [-0.2, 0) is 5.88 Å². The summed E-state index contributed by atoms with van der Waals surface area (Å²) in [5.74, 6) is 0.541. The summed E-state index contributed by atoms with van der Waals surface area (Å²) >= 11 is 7.15. The average molecular weight is 226 g/mol. The van der Waals surface area contributed by atoms with E-state index in [0.717, 1.165) is 16.4 Å². The quantitative estimate of drug-likeness (QED) is 0.816. The molecule has 2 rings (SSSR count). The van der Waals surface area contributed by atoms with Gasteiger partial charge in [-0.3, -0.25) is 0 Å². The summed E-state index contributed by atoms with van der Waals surface area (Å²) in [4.78, 5) is 0. The molecular weight excluding hydrogens is 218 g/mol. The van der Waals surface area contributed by atoms with Crippen molar-refractivity contribution in [2.24, 2.45) is 0 Å². The SMILES string of the molecule is ClCc1ccc(Nc2nncs2)cc1. The molecule has 0 aliphatic heterocycles. The number of hydrogen-bond donors (Lipinski definition) is 1. The van der Waals surface area contributed by atoms with Crippen LogP contribution in [0.2, 0.25) is 0 Å². The normalized spacial score (nSPS) is 10.1. The molecule has 1 heterocycles. The Morgan fingerprint density at radius 2 is 2.07 bits per heavy atom. The van der Waals surface area contributed by atoms with Gasteiger partial charge in [0.15, 0.2) is 0 Å². The molecule has 0 saturated heterocycles. The van der Waals surface area contributed by atoms with Crippen LogP contribution in [0.3, 0.4) is 0 Å². The lowest BCUT2D eigenvalue weighted by Gasteiger charge is -2.01. The fourth-order valence-electron chi connectivity index (χ4n) is 1.03. The molecular formula is C9H8ClN3S. The van der Waals surface area contributed by atoms with Gasteiger partial charge in [-0.05, 0) is 17.7 Å². The maximum absolute atomic E-state index is 5.68. The fraction of sp³-hybridized carbons (Fsp3) is 0.111. The molecule has 5 heteroatoms. The highest BCUT2D eigenvalue weighted by atomic mass is 35.5. The Balaban J connectivity index is 2.10. The molecule has 14 heavy (non-hydrogen) atoms. The number of aromatic nitrogens is 2. The Kier molecular flexibility index (Phi) is 2.96. The Morgan fingerprint density at radius 1 is 1.29 bits per heavy atom. The molecule has 3 nitrogen and oxygen atoms in total. The standard InChI is InChI=1S/C9H8ClN3S/c10-5-7-1-3-8(4-2-7)12-9-13-11-6-14-9/h1-4,6H,5H2,(H,12,13). The third kappa shape index (κ3) is 2.21. The molecule has 0 aliphatic carbocycles. The number of benzene rings is 1. The molecule has 0 radical (unpaired) electrons. The maximum Gasteiger partial charge on any atom is 0.209 e. The van der Waals surface area contributed by atoms with Crippen molar-refractivity contribution in [1.82, 2.24) is 10.2 Å². The van der Waals surface area contributed by atoms with E-state index in [-0.39, 0.29) is 0 Å². The highest BCUT2D eigenvalue weighted by Crippen LogP contribution is 2.18. The van der Waals surface area contributed by atoms with E-state index in [1.807, 2.05) is 24.3 Å². The predicted molar refractivity (Wildman–Crippen MR) is 59.2 cm³/mol. The summed E-state index contributed by atoms with van der Waals surface area (Å²) in [5, 5.41) is 11.6. The topological polar surface area (TPSA) is 37.8 Å². The summed E-state index contributed by atoms with van der Waals surface area (Å²) in [5.41, 5.74) is 3.79. The van der Waals surface area contributed by atoms with Gasteiger partial charge in [0.05, 0.1) is 0 Å². The summed E-state index contributed by atoms with van der Waals surface area (Å²) < 4.78 is 0. The van der Waals surface area contributed by atoms with Crippen LogP contribution in [0.15, 0.2) is 29.8 Å². The highest BCUT2D eigenvalue weighted by Gasteiger charge is 1.97. The van der Waals surface area contributed by atoms with Crippen molar-refractivity contribution in [2.75, 3.05) is 5.32 Å². The molecule has 0 aliphatic rings. The first-order valence-corrected chi connectivity index (χ1v) is 5.48. The molecule has 0 unspecified atom stereocenters. The van der Waals surface area contributed by atoms with Gasteiger partial charge < -0.3 is 5.32 Å². The van der Waals surface area contributed by atoms with Gasteiger partial charge in [0.2, 0.25) is 5.13 Å². The van der Waals surface area contributed by atoms with E-state index in [1.165, 1.54) is 11.3 Å². The van der Waals surface area contributed by atoms with Gasteiger partial charge in [0.25, 0.3) is 0 Å². The van der Waals surface area contributed by atoms with Crippen LogP contribution in [0.4, 0.5) is 10.8 Å². The number of nitrogens with zero attached hydrogens (tertiary/aromatic N) is 2. The van der Waals surface area contributed by atoms with Crippen LogP contribution in [0.1, 0.15) is 5.56 Å². The maximum atomic E-state index is 5.68. The van der Waals surface area contributed by atoms with Crippen LogP contribution >= 0.6 is 22.9 Å². The van der Waals surface area contributed by atoms with Crippen LogP contribution < -0.4 is 5.32 Å². The third-order valence-corrected chi connectivity index (χ3v) is 2.63. The summed E-state index contributed by atoms with van der Waals surface area (Å²) in [6.45, 7) is 0. The van der Waals surface area contributed by atoms with Crippen LogP contribution in [0.25, 0.3) is 0 Å². The minimum atomic E-state index is 0.541. The van der Waals surface area contributed by atoms with E-state index in [2.05, 4.69) is 15.5 Å². The lowest BCUT2D eigenvalue weighted by Crippen LogP contribution is -1.89. The Labute approximate surface area is 90.8 Å². The lowest BCUT2D eigenvalue weighted by atomic mass is 10.2. The second kappa shape index (κ2) is 4.39. The molecule has 1 aromatic heterocycles. The first kappa shape index (κ1) is 9.43. The molecule has 0 bridgehead atoms. The Hall–Kier alpha value is -1.13. The predicted octanol–water partition coefficient (Wildman–Crippen LogP) is 3.02. The molecule has 1 aromatic carbocycles. The monoisotopic (exact) mass is 225 g/mol. The van der Waals surface area contributed by atoms with Crippen molar-refractivity contribution in [3.05, 3.63) is 35.3 Å². The minimum Gasteiger partial charge on any atom is -0.330 e. The van der Waals surface area contributed by atoms with Crippen molar-refractivity contribution in [3.63, 3.8) is 0 Å². The first-order valence-electron chi connectivity index (χ1n) is 4.06. The van der Waals surface area contributed by atoms with Gasteiger partial charge in [0.1, 0.15) is 5.51 Å². The summed E-state index contributed by atoms with van der Waals surface area (Å²) in [6, 6.07) is 7.91. The molecule has 1 N–H and O–H groups in total. The number of rotatable bonds is 3. The lowest BCUT2D eigenvalue weighted by molar-refractivity contribution is 1.09. The van der Waals surface area contributed by atoms with E-state index in [9.17, 15) is 0 Å². The molecule has 72 valence electrons. The summed E-state index contributed by atoms with van der Waals surface area (Å²) in [6.07, 6.45) is 0. The third-order valence-electron chi connectivity index (χ3n) is 1.72. The molecule has 2 aromatic rings. The zero-order chi connectivity index (χ0) is 9.80. The fourth-order valence-corrected chi connectivity index (χ4v) is 1.67. The van der Waals surface area contributed by atoms with Crippen LogP contribution in [0, 0.1) is 0 Å². The molecule has 0 amide bonds. The zero-order valence-electron chi connectivity index (χ0n) is 7.27. The van der Waals surface area contributed by atoms with Gasteiger partial charge in [0, 0.05) is 11.6 Å². The van der Waals surface area contributed by atoms with Crippen molar-refractivity contribution in [2.45, 2.75) is 5.88 Å². The van der Waals surface area contributed by atoms with Crippen LogP contribution in [-0.4, -0.2) is 10.2 Å². The number of hydrogen-bond acceptors (Lipinski definition) is 4. The molecule has 0 fully saturated rings. The van der Waals surface area contributed by atoms with Crippen molar-refractivity contribution in [1.29, 1.82) is 0 Å². The van der Waals surface area contributed by atoms with E-state index in [0.29, 0.717) is 5.88 Å². The van der Waals surface area contributed by atoms with E-state index in [4.69, 9.17) is 11.6 Å². The molecule has 0 atom stereocenters. The first-order chi connectivity index (χ1) is 6.88.